The van der Waals surface area contributed by atoms with E-state index in [9.17, 15) is 4.39 Å². The molecule has 19 heavy (non-hydrogen) atoms. The molecule has 1 aromatic carbocycles. The lowest BCUT2D eigenvalue weighted by molar-refractivity contribution is 0.185. The maximum Gasteiger partial charge on any atom is 0.125 e. The minimum absolute atomic E-state index is 0.00921. The number of halogens is 2. The van der Waals surface area contributed by atoms with E-state index < -0.39 is 0 Å². The van der Waals surface area contributed by atoms with Crippen molar-refractivity contribution in [1.82, 2.24) is 4.90 Å². The van der Waals surface area contributed by atoms with E-state index in [0.717, 1.165) is 17.7 Å². The molecule has 0 heterocycles. The Morgan fingerprint density at radius 1 is 1.42 bits per heavy atom. The zero-order valence-electron chi connectivity index (χ0n) is 11.7. The normalized spacial score (nSPS) is 14.7. The zero-order chi connectivity index (χ0) is 14.4. The molecule has 0 saturated heterocycles. The third kappa shape index (κ3) is 4.95. The summed E-state index contributed by atoms with van der Waals surface area (Å²) in [6, 6.07) is 5.00. The molecular weight excluding hydrogens is 283 g/mol. The van der Waals surface area contributed by atoms with Crippen LogP contribution in [-0.4, -0.2) is 36.5 Å². The van der Waals surface area contributed by atoms with Crippen molar-refractivity contribution in [1.29, 1.82) is 0 Å². The predicted molar refractivity (Wildman–Crippen MR) is 83.4 cm³/mol. The van der Waals surface area contributed by atoms with Crippen molar-refractivity contribution in [2.45, 2.75) is 25.4 Å². The molecule has 0 aliphatic carbocycles. The summed E-state index contributed by atoms with van der Waals surface area (Å²) < 4.78 is 13.4. The van der Waals surface area contributed by atoms with Gasteiger partial charge in [0.25, 0.3) is 0 Å². The van der Waals surface area contributed by atoms with E-state index in [0.29, 0.717) is 17.6 Å². The molecule has 108 valence electrons. The zero-order valence-corrected chi connectivity index (χ0v) is 13.3. The number of hydrogen-bond acceptors (Lipinski definition) is 3. The van der Waals surface area contributed by atoms with E-state index in [1.165, 1.54) is 12.1 Å². The van der Waals surface area contributed by atoms with Crippen LogP contribution in [0.4, 0.5) is 4.39 Å². The Bertz CT molecular complexity index is 383. The molecule has 0 spiro atoms. The third-order valence-electron chi connectivity index (χ3n) is 3.42. The summed E-state index contributed by atoms with van der Waals surface area (Å²) in [6.07, 6.45) is 3.18. The van der Waals surface area contributed by atoms with E-state index in [2.05, 4.69) is 18.1 Å². The number of nitrogens with two attached hydrogens (primary N) is 1. The molecule has 0 fully saturated rings. The monoisotopic (exact) mass is 304 g/mol. The van der Waals surface area contributed by atoms with Gasteiger partial charge in [-0.05, 0) is 56.2 Å². The molecule has 0 aromatic heterocycles. The molecule has 2 unspecified atom stereocenters. The van der Waals surface area contributed by atoms with Crippen LogP contribution in [0.2, 0.25) is 5.02 Å². The van der Waals surface area contributed by atoms with Gasteiger partial charge >= 0.3 is 0 Å². The SMILES string of the molecule is CSCCC(C)N(C)C(CN)c1cc(F)cc(Cl)c1. The molecule has 1 aromatic rings. The lowest BCUT2D eigenvalue weighted by atomic mass is 10.0. The number of hydrogen-bond donors (Lipinski definition) is 1. The molecule has 2 nitrogen and oxygen atoms in total. The molecule has 2 N–H and O–H groups in total. The van der Waals surface area contributed by atoms with Gasteiger partial charge in [0.1, 0.15) is 5.82 Å². The topological polar surface area (TPSA) is 29.3 Å². The van der Waals surface area contributed by atoms with Crippen LogP contribution in [0.5, 0.6) is 0 Å². The van der Waals surface area contributed by atoms with Crippen molar-refractivity contribution < 1.29 is 4.39 Å². The van der Waals surface area contributed by atoms with Crippen LogP contribution in [0.25, 0.3) is 0 Å². The van der Waals surface area contributed by atoms with E-state index >= 15 is 0 Å². The number of nitrogens with zero attached hydrogens (tertiary/aromatic N) is 1. The van der Waals surface area contributed by atoms with Crippen LogP contribution in [0.1, 0.15) is 24.9 Å². The van der Waals surface area contributed by atoms with E-state index in [-0.39, 0.29) is 11.9 Å². The van der Waals surface area contributed by atoms with E-state index in [1.807, 2.05) is 18.8 Å². The smallest absolute Gasteiger partial charge is 0.125 e. The lowest BCUT2D eigenvalue weighted by Gasteiger charge is -2.33. The minimum Gasteiger partial charge on any atom is -0.329 e. The van der Waals surface area contributed by atoms with Gasteiger partial charge in [-0.3, -0.25) is 4.90 Å². The number of thioether (sulfide) groups is 1. The highest BCUT2D eigenvalue weighted by atomic mass is 35.5. The number of rotatable bonds is 7. The quantitative estimate of drug-likeness (QED) is 0.835. The van der Waals surface area contributed by atoms with Crippen molar-refractivity contribution in [2.75, 3.05) is 25.6 Å². The largest absolute Gasteiger partial charge is 0.329 e. The molecule has 0 saturated carbocycles. The average Bonchev–Trinajstić information content (AvgIpc) is 2.35. The second-order valence-electron chi connectivity index (χ2n) is 4.75. The first-order valence-corrected chi connectivity index (χ1v) is 8.13. The van der Waals surface area contributed by atoms with Crippen LogP contribution in [0.15, 0.2) is 18.2 Å². The molecular formula is C14H22ClFN2S. The van der Waals surface area contributed by atoms with Gasteiger partial charge in [0.2, 0.25) is 0 Å². The molecule has 0 amide bonds. The van der Waals surface area contributed by atoms with Gasteiger partial charge in [-0.2, -0.15) is 11.8 Å². The van der Waals surface area contributed by atoms with E-state index in [4.69, 9.17) is 17.3 Å². The fraction of sp³-hybridized carbons (Fsp3) is 0.571. The van der Waals surface area contributed by atoms with Crippen LogP contribution in [-0.2, 0) is 0 Å². The van der Waals surface area contributed by atoms with Crippen molar-refractivity contribution >= 4 is 23.4 Å². The summed E-state index contributed by atoms with van der Waals surface area (Å²) in [5.41, 5.74) is 6.70. The van der Waals surface area contributed by atoms with Crippen LogP contribution >= 0.6 is 23.4 Å². The minimum atomic E-state index is -0.314. The first-order chi connectivity index (χ1) is 8.99. The highest BCUT2D eigenvalue weighted by Gasteiger charge is 2.21. The van der Waals surface area contributed by atoms with Gasteiger partial charge in [0.05, 0.1) is 0 Å². The fourth-order valence-corrected chi connectivity index (χ4v) is 2.91. The summed E-state index contributed by atoms with van der Waals surface area (Å²) in [6.45, 7) is 2.61. The molecule has 0 aliphatic heterocycles. The molecule has 1 rings (SSSR count). The Labute approximate surface area is 124 Å². The summed E-state index contributed by atoms with van der Waals surface area (Å²) in [5, 5.41) is 0.415. The van der Waals surface area contributed by atoms with Gasteiger partial charge in [0, 0.05) is 23.7 Å². The van der Waals surface area contributed by atoms with Crippen molar-refractivity contribution in [3.8, 4) is 0 Å². The predicted octanol–water partition coefficient (Wildman–Crippen LogP) is 3.55. The highest BCUT2D eigenvalue weighted by Crippen LogP contribution is 2.25. The molecule has 0 bridgehead atoms. The Kier molecular flexibility index (Phi) is 7.15. The number of likely N-dealkylation sites (N-methyl/N-ethyl adjacent to an activating group) is 1. The van der Waals surface area contributed by atoms with Crippen LogP contribution in [0.3, 0.4) is 0 Å². The van der Waals surface area contributed by atoms with Crippen molar-refractivity contribution in [3.05, 3.63) is 34.6 Å². The van der Waals surface area contributed by atoms with Gasteiger partial charge in [0.15, 0.2) is 0 Å². The summed E-state index contributed by atoms with van der Waals surface area (Å²) in [7, 11) is 2.03. The van der Waals surface area contributed by atoms with Crippen LogP contribution in [0, 0.1) is 5.82 Å². The lowest BCUT2D eigenvalue weighted by Crippen LogP contribution is -2.37. The summed E-state index contributed by atoms with van der Waals surface area (Å²) >= 11 is 7.74. The van der Waals surface area contributed by atoms with E-state index in [1.54, 1.807) is 6.07 Å². The Morgan fingerprint density at radius 3 is 2.63 bits per heavy atom. The first kappa shape index (κ1) is 16.8. The fourth-order valence-electron chi connectivity index (χ4n) is 2.10. The molecule has 0 radical (unpaired) electrons. The van der Waals surface area contributed by atoms with Gasteiger partial charge in [-0.25, -0.2) is 4.39 Å². The Morgan fingerprint density at radius 2 is 2.11 bits per heavy atom. The van der Waals surface area contributed by atoms with Crippen molar-refractivity contribution in [2.24, 2.45) is 5.73 Å². The molecule has 2 atom stereocenters. The van der Waals surface area contributed by atoms with Gasteiger partial charge < -0.3 is 5.73 Å². The maximum atomic E-state index is 13.4. The summed E-state index contributed by atoms with van der Waals surface area (Å²) in [4.78, 5) is 2.20. The van der Waals surface area contributed by atoms with Gasteiger partial charge in [-0.1, -0.05) is 11.6 Å². The average molecular weight is 305 g/mol. The second kappa shape index (κ2) is 8.10. The van der Waals surface area contributed by atoms with Crippen molar-refractivity contribution in [3.63, 3.8) is 0 Å². The number of benzene rings is 1. The standard InChI is InChI=1S/C14H22ClFN2S/c1-10(4-5-19-3)18(2)14(9-17)11-6-12(15)8-13(16)7-11/h6-8,10,14H,4-5,9,17H2,1-3H3. The molecule has 0 aliphatic rings. The third-order valence-corrected chi connectivity index (χ3v) is 4.28. The first-order valence-electron chi connectivity index (χ1n) is 6.36. The molecule has 5 heteroatoms. The highest BCUT2D eigenvalue weighted by molar-refractivity contribution is 7.98. The Balaban J connectivity index is 2.86. The summed E-state index contributed by atoms with van der Waals surface area (Å²) in [5.74, 6) is 0.790. The van der Waals surface area contributed by atoms with Crippen LogP contribution < -0.4 is 5.73 Å². The maximum absolute atomic E-state index is 13.4. The Hall–Kier alpha value is -0.290. The second-order valence-corrected chi connectivity index (χ2v) is 6.17. The van der Waals surface area contributed by atoms with Gasteiger partial charge in [-0.15, -0.1) is 0 Å².